The predicted octanol–water partition coefficient (Wildman–Crippen LogP) is 0.235. The molecule has 10 heavy (non-hydrogen) atoms. The Bertz CT molecular complexity index is 116. The fraction of sp³-hybridized carbons (Fsp3) is 0.833. The van der Waals surface area contributed by atoms with E-state index >= 15 is 0 Å². The van der Waals surface area contributed by atoms with Crippen LogP contribution in [-0.2, 0) is 9.53 Å². The first kappa shape index (κ1) is 9.36. The standard InChI is InChI=1S/C6H12FNO2/c1-4(2)10-6(9)5(8)3-7/h4-5H,3,8H2,1-2H3. The molecule has 1 unspecified atom stereocenters. The number of hydrogen-bond donors (Lipinski definition) is 1. The van der Waals surface area contributed by atoms with Crippen molar-refractivity contribution in [3.63, 3.8) is 0 Å². The number of halogens is 1. The molecule has 3 nitrogen and oxygen atoms in total. The van der Waals surface area contributed by atoms with E-state index in [1.807, 2.05) is 0 Å². The molecule has 0 aromatic rings. The van der Waals surface area contributed by atoms with E-state index in [9.17, 15) is 9.18 Å². The van der Waals surface area contributed by atoms with Gasteiger partial charge in [-0.15, -0.1) is 0 Å². The third kappa shape index (κ3) is 3.40. The van der Waals surface area contributed by atoms with Gasteiger partial charge in [-0.25, -0.2) is 4.39 Å². The van der Waals surface area contributed by atoms with Gasteiger partial charge in [0.2, 0.25) is 0 Å². The van der Waals surface area contributed by atoms with Crippen LogP contribution in [0.4, 0.5) is 4.39 Å². The Kier molecular flexibility index (Phi) is 3.95. The number of carbonyl (C=O) groups is 1. The highest BCUT2D eigenvalue weighted by Gasteiger charge is 2.15. The van der Waals surface area contributed by atoms with Crippen molar-refractivity contribution in [3.8, 4) is 0 Å². The molecule has 4 heteroatoms. The first-order chi connectivity index (χ1) is 4.57. The normalized spacial score (nSPS) is 13.3. The number of rotatable bonds is 3. The third-order valence-electron chi connectivity index (χ3n) is 0.821. The van der Waals surface area contributed by atoms with Crippen molar-refractivity contribution >= 4 is 5.97 Å². The van der Waals surface area contributed by atoms with Gasteiger partial charge in [0.1, 0.15) is 12.7 Å². The van der Waals surface area contributed by atoms with Crippen molar-refractivity contribution in [2.75, 3.05) is 6.67 Å². The lowest BCUT2D eigenvalue weighted by atomic mass is 10.3. The number of nitrogens with two attached hydrogens (primary N) is 1. The molecule has 0 radical (unpaired) electrons. The molecule has 0 aromatic carbocycles. The average Bonchev–Trinajstić information content (AvgIpc) is 1.85. The van der Waals surface area contributed by atoms with Crippen LogP contribution in [0, 0.1) is 0 Å². The Labute approximate surface area is 59.3 Å². The molecule has 0 bridgehead atoms. The van der Waals surface area contributed by atoms with Crippen molar-refractivity contribution in [3.05, 3.63) is 0 Å². The Morgan fingerprint density at radius 3 is 2.50 bits per heavy atom. The quantitative estimate of drug-likeness (QED) is 0.584. The van der Waals surface area contributed by atoms with E-state index in [1.165, 1.54) is 0 Å². The molecule has 60 valence electrons. The van der Waals surface area contributed by atoms with Crippen LogP contribution in [-0.4, -0.2) is 24.8 Å². The van der Waals surface area contributed by atoms with Crippen LogP contribution in [0.1, 0.15) is 13.8 Å². The summed E-state index contributed by atoms with van der Waals surface area (Å²) in [5.74, 6) is -0.683. The fourth-order valence-electron chi connectivity index (χ4n) is 0.383. The highest BCUT2D eigenvalue weighted by molar-refractivity contribution is 5.75. The van der Waals surface area contributed by atoms with Gasteiger partial charge in [-0.3, -0.25) is 4.79 Å². The second kappa shape index (κ2) is 4.22. The molecule has 0 fully saturated rings. The molecular weight excluding hydrogens is 137 g/mol. The topological polar surface area (TPSA) is 52.3 Å². The fourth-order valence-corrected chi connectivity index (χ4v) is 0.383. The van der Waals surface area contributed by atoms with Gasteiger partial charge < -0.3 is 10.5 Å². The van der Waals surface area contributed by atoms with Gasteiger partial charge in [-0.05, 0) is 13.8 Å². The minimum Gasteiger partial charge on any atom is -0.462 e. The molecule has 2 N–H and O–H groups in total. The van der Waals surface area contributed by atoms with Crippen LogP contribution in [0.15, 0.2) is 0 Å². The van der Waals surface area contributed by atoms with E-state index < -0.39 is 18.7 Å². The summed E-state index contributed by atoms with van der Waals surface area (Å²) < 4.78 is 16.3. The van der Waals surface area contributed by atoms with Gasteiger partial charge in [0.05, 0.1) is 6.10 Å². The summed E-state index contributed by atoms with van der Waals surface area (Å²) in [5.41, 5.74) is 5.02. The highest BCUT2D eigenvalue weighted by Crippen LogP contribution is 1.92. The van der Waals surface area contributed by atoms with Crippen molar-refractivity contribution in [2.24, 2.45) is 5.73 Å². The maximum atomic E-state index is 11.7. The Hall–Kier alpha value is -0.640. The summed E-state index contributed by atoms with van der Waals surface area (Å²) >= 11 is 0. The van der Waals surface area contributed by atoms with Gasteiger partial charge >= 0.3 is 5.97 Å². The molecular formula is C6H12FNO2. The summed E-state index contributed by atoms with van der Waals surface area (Å²) in [7, 11) is 0. The lowest BCUT2D eigenvalue weighted by molar-refractivity contribution is -0.149. The zero-order valence-corrected chi connectivity index (χ0v) is 6.13. The van der Waals surface area contributed by atoms with Crippen LogP contribution < -0.4 is 5.73 Å². The van der Waals surface area contributed by atoms with E-state index in [0.717, 1.165) is 0 Å². The summed E-state index contributed by atoms with van der Waals surface area (Å²) in [4.78, 5) is 10.6. The molecule has 0 rings (SSSR count). The monoisotopic (exact) mass is 149 g/mol. The average molecular weight is 149 g/mol. The number of ether oxygens (including phenoxy) is 1. The third-order valence-corrected chi connectivity index (χ3v) is 0.821. The number of alkyl halides is 1. The van der Waals surface area contributed by atoms with E-state index in [2.05, 4.69) is 4.74 Å². The maximum absolute atomic E-state index is 11.7. The summed E-state index contributed by atoms with van der Waals surface area (Å²) in [6.45, 7) is 2.50. The Morgan fingerprint density at radius 1 is 1.70 bits per heavy atom. The van der Waals surface area contributed by atoms with Crippen molar-refractivity contribution in [1.29, 1.82) is 0 Å². The zero-order valence-electron chi connectivity index (χ0n) is 6.13. The lowest BCUT2D eigenvalue weighted by Gasteiger charge is -2.10. The molecule has 0 aliphatic carbocycles. The van der Waals surface area contributed by atoms with Crippen LogP contribution in [0.5, 0.6) is 0 Å². The molecule has 0 spiro atoms. The summed E-state index contributed by atoms with van der Waals surface area (Å²) in [6, 6.07) is -1.12. The molecule has 0 aliphatic heterocycles. The molecule has 0 heterocycles. The molecule has 0 saturated heterocycles. The van der Waals surface area contributed by atoms with Gasteiger partial charge in [0.25, 0.3) is 0 Å². The van der Waals surface area contributed by atoms with E-state index in [4.69, 9.17) is 5.73 Å². The Morgan fingerprint density at radius 2 is 2.20 bits per heavy atom. The number of esters is 1. The van der Waals surface area contributed by atoms with Gasteiger partial charge in [0, 0.05) is 0 Å². The zero-order chi connectivity index (χ0) is 8.15. The van der Waals surface area contributed by atoms with Crippen molar-refractivity contribution < 1.29 is 13.9 Å². The van der Waals surface area contributed by atoms with E-state index in [-0.39, 0.29) is 6.10 Å². The van der Waals surface area contributed by atoms with Gasteiger partial charge in [-0.1, -0.05) is 0 Å². The first-order valence-electron chi connectivity index (χ1n) is 3.10. The van der Waals surface area contributed by atoms with Crippen LogP contribution in [0.25, 0.3) is 0 Å². The maximum Gasteiger partial charge on any atom is 0.325 e. The Balaban J connectivity index is 3.62. The van der Waals surface area contributed by atoms with Crippen LogP contribution in [0.3, 0.4) is 0 Å². The molecule has 0 saturated carbocycles. The van der Waals surface area contributed by atoms with Crippen molar-refractivity contribution in [2.45, 2.75) is 26.0 Å². The predicted molar refractivity (Wildman–Crippen MR) is 35.2 cm³/mol. The number of hydrogen-bond acceptors (Lipinski definition) is 3. The van der Waals surface area contributed by atoms with Crippen molar-refractivity contribution in [1.82, 2.24) is 0 Å². The van der Waals surface area contributed by atoms with Crippen LogP contribution >= 0.6 is 0 Å². The molecule has 0 amide bonds. The largest absolute Gasteiger partial charge is 0.462 e. The summed E-state index contributed by atoms with van der Waals surface area (Å²) in [6.07, 6.45) is -0.231. The minimum atomic E-state index is -1.12. The molecule has 0 aromatic heterocycles. The van der Waals surface area contributed by atoms with Gasteiger partial charge in [-0.2, -0.15) is 0 Å². The van der Waals surface area contributed by atoms with Crippen LogP contribution in [0.2, 0.25) is 0 Å². The second-order valence-electron chi connectivity index (χ2n) is 2.25. The summed E-state index contributed by atoms with van der Waals surface area (Å²) in [5, 5.41) is 0. The lowest BCUT2D eigenvalue weighted by Crippen LogP contribution is -2.35. The minimum absolute atomic E-state index is 0.231. The second-order valence-corrected chi connectivity index (χ2v) is 2.25. The number of carbonyl (C=O) groups excluding carboxylic acids is 1. The highest BCUT2D eigenvalue weighted by atomic mass is 19.1. The van der Waals surface area contributed by atoms with E-state index in [1.54, 1.807) is 13.8 Å². The molecule has 0 aliphatic rings. The smallest absolute Gasteiger partial charge is 0.325 e. The SMILES string of the molecule is CC(C)OC(=O)C(N)CF. The van der Waals surface area contributed by atoms with E-state index in [0.29, 0.717) is 0 Å². The first-order valence-corrected chi connectivity index (χ1v) is 3.10. The molecule has 1 atom stereocenters. The van der Waals surface area contributed by atoms with Gasteiger partial charge in [0.15, 0.2) is 0 Å².